The molecule has 38 heavy (non-hydrogen) atoms. The molecule has 0 amide bonds. The van der Waals surface area contributed by atoms with Gasteiger partial charge in [-0.2, -0.15) is 0 Å². The number of pyridine rings is 1. The number of ether oxygens (including phenoxy) is 2. The van der Waals surface area contributed by atoms with Crippen molar-refractivity contribution >= 4 is 15.6 Å². The van der Waals surface area contributed by atoms with Gasteiger partial charge in [0, 0.05) is 36.8 Å². The number of rotatable bonds is 10. The number of Topliss-reactive ketones (excluding diaryl/α,β-unsaturated/α-hetero) is 1. The molecule has 0 saturated heterocycles. The summed E-state index contributed by atoms with van der Waals surface area (Å²) in [4.78, 5) is 25.0. The predicted octanol–water partition coefficient (Wildman–Crippen LogP) is 3.33. The van der Waals surface area contributed by atoms with Crippen LogP contribution in [0.25, 0.3) is 17.2 Å². The van der Waals surface area contributed by atoms with Gasteiger partial charge in [-0.15, -0.1) is 10.2 Å². The number of ketones is 1. The van der Waals surface area contributed by atoms with E-state index in [1.807, 2.05) is 6.92 Å². The molecule has 0 fully saturated rings. The lowest BCUT2D eigenvalue weighted by molar-refractivity contribution is 0.0947. The largest absolute Gasteiger partial charge is 0.481 e. The van der Waals surface area contributed by atoms with Gasteiger partial charge in [-0.05, 0) is 44.5 Å². The third-order valence-corrected chi connectivity index (χ3v) is 8.08. The predicted molar refractivity (Wildman–Crippen MR) is 140 cm³/mol. The first-order valence-electron chi connectivity index (χ1n) is 11.7. The smallest absolute Gasteiger partial charge is 0.213 e. The number of benzene rings is 1. The van der Waals surface area contributed by atoms with Gasteiger partial charge in [0.15, 0.2) is 33.1 Å². The lowest BCUT2D eigenvalue weighted by Gasteiger charge is -2.21. The number of hydrogen-bond acceptors (Lipinski definition) is 10. The first kappa shape index (κ1) is 27.0. The summed E-state index contributed by atoms with van der Waals surface area (Å²) in [5, 5.41) is 7.51. The average Bonchev–Trinajstić information content (AvgIpc) is 3.33. The number of nitrogens with zero attached hydrogens (tertiary/aromatic N) is 6. The van der Waals surface area contributed by atoms with Crippen LogP contribution in [0, 0.1) is 6.92 Å². The van der Waals surface area contributed by atoms with Crippen molar-refractivity contribution in [3.8, 4) is 23.1 Å². The fraction of sp³-hybridized carbons (Fsp3) is 0.308. The Hall–Kier alpha value is -4.03. The summed E-state index contributed by atoms with van der Waals surface area (Å²) in [5.41, 5.74) is 2.24. The molecular weight excluding hydrogens is 508 g/mol. The van der Waals surface area contributed by atoms with Crippen molar-refractivity contribution in [1.82, 2.24) is 29.7 Å². The zero-order valence-corrected chi connectivity index (χ0v) is 22.5. The molecule has 0 bridgehead atoms. The molecular formula is C26H28N6O5S. The van der Waals surface area contributed by atoms with Crippen LogP contribution in [0.15, 0.2) is 54.9 Å². The molecule has 12 heteroatoms. The number of methoxy groups -OCH3 is 2. The van der Waals surface area contributed by atoms with Gasteiger partial charge in [0.2, 0.25) is 5.88 Å². The number of aryl methyl sites for hydroxylation is 1. The summed E-state index contributed by atoms with van der Waals surface area (Å²) in [5.74, 6) is 0.486. The second-order valence-corrected chi connectivity index (χ2v) is 11.1. The van der Waals surface area contributed by atoms with E-state index in [1.165, 1.54) is 21.1 Å². The van der Waals surface area contributed by atoms with Crippen LogP contribution >= 0.6 is 0 Å². The normalized spacial score (nSPS) is 13.2. The molecule has 11 nitrogen and oxygen atoms in total. The van der Waals surface area contributed by atoms with Crippen LogP contribution in [0.5, 0.6) is 5.88 Å². The molecule has 2 atom stereocenters. The van der Waals surface area contributed by atoms with Crippen molar-refractivity contribution in [3.63, 3.8) is 0 Å². The third kappa shape index (κ3) is 5.60. The molecule has 0 aliphatic heterocycles. The Labute approximate surface area is 220 Å². The van der Waals surface area contributed by atoms with E-state index >= 15 is 0 Å². The molecule has 0 aliphatic carbocycles. The van der Waals surface area contributed by atoms with E-state index in [4.69, 9.17) is 9.47 Å². The van der Waals surface area contributed by atoms with Crippen LogP contribution < -0.4 is 4.74 Å². The molecule has 4 rings (SSSR count). The molecule has 3 aromatic heterocycles. The second kappa shape index (κ2) is 11.2. The Balaban J connectivity index is 1.79. The Kier molecular flexibility index (Phi) is 7.93. The fourth-order valence-electron chi connectivity index (χ4n) is 3.92. The van der Waals surface area contributed by atoms with E-state index < -0.39 is 26.9 Å². The first-order chi connectivity index (χ1) is 18.1. The second-order valence-electron chi connectivity index (χ2n) is 8.73. The van der Waals surface area contributed by atoms with Crippen LogP contribution in [0.3, 0.4) is 0 Å². The van der Waals surface area contributed by atoms with Crippen molar-refractivity contribution in [2.75, 3.05) is 14.2 Å². The highest BCUT2D eigenvalue weighted by molar-refractivity contribution is 7.91. The van der Waals surface area contributed by atoms with Crippen molar-refractivity contribution in [2.24, 2.45) is 0 Å². The van der Waals surface area contributed by atoms with Gasteiger partial charge in [0.25, 0.3) is 0 Å². The maximum absolute atomic E-state index is 13.6. The first-order valence-corrected chi connectivity index (χ1v) is 13.5. The molecule has 0 saturated carbocycles. The summed E-state index contributed by atoms with van der Waals surface area (Å²) < 4.78 is 39.6. The summed E-state index contributed by atoms with van der Waals surface area (Å²) in [6, 6.07) is 12.0. The molecule has 0 unspecified atom stereocenters. The van der Waals surface area contributed by atoms with Crippen LogP contribution in [0.4, 0.5) is 0 Å². The standard InChI is InChI=1S/C26H28N6O5S/c1-16-13-27-25(28-14-16)24(37-5)18(3)38(34,35)15-22-30-31-26(21-10-7-11-23(29-21)36-4)32(22)20-9-6-8-19(12-20)17(2)33/h6-14,18,24H,15H2,1-5H3/t18-,24-/m0/s1. The van der Waals surface area contributed by atoms with Crippen molar-refractivity contribution in [3.05, 3.63) is 77.6 Å². The van der Waals surface area contributed by atoms with E-state index in [-0.39, 0.29) is 17.4 Å². The maximum atomic E-state index is 13.6. The van der Waals surface area contributed by atoms with Gasteiger partial charge in [-0.3, -0.25) is 9.36 Å². The highest BCUT2D eigenvalue weighted by Crippen LogP contribution is 2.28. The van der Waals surface area contributed by atoms with Gasteiger partial charge in [-0.25, -0.2) is 23.4 Å². The summed E-state index contributed by atoms with van der Waals surface area (Å²) in [6.45, 7) is 4.85. The zero-order valence-electron chi connectivity index (χ0n) is 21.7. The number of hydrogen-bond donors (Lipinski definition) is 0. The number of sulfone groups is 1. The molecule has 0 radical (unpaired) electrons. The Morgan fingerprint density at radius 3 is 2.42 bits per heavy atom. The van der Waals surface area contributed by atoms with Crippen molar-refractivity contribution in [2.45, 2.75) is 37.9 Å². The van der Waals surface area contributed by atoms with Crippen molar-refractivity contribution < 1.29 is 22.7 Å². The number of aromatic nitrogens is 6. The summed E-state index contributed by atoms with van der Waals surface area (Å²) >= 11 is 0. The van der Waals surface area contributed by atoms with Crippen LogP contribution in [-0.4, -0.2) is 63.4 Å². The number of carbonyl (C=O) groups is 1. The van der Waals surface area contributed by atoms with Crippen LogP contribution in [-0.2, 0) is 20.3 Å². The number of carbonyl (C=O) groups excluding carboxylic acids is 1. The quantitative estimate of drug-likeness (QED) is 0.277. The van der Waals surface area contributed by atoms with E-state index in [0.29, 0.717) is 28.6 Å². The van der Waals surface area contributed by atoms with Crippen LogP contribution in [0.1, 0.15) is 47.5 Å². The minimum Gasteiger partial charge on any atom is -0.481 e. The molecule has 0 N–H and O–H groups in total. The molecule has 1 aromatic carbocycles. The van der Waals surface area contributed by atoms with Crippen molar-refractivity contribution in [1.29, 1.82) is 0 Å². The average molecular weight is 537 g/mol. The van der Waals surface area contributed by atoms with Gasteiger partial charge in [0.1, 0.15) is 17.6 Å². The lowest BCUT2D eigenvalue weighted by atomic mass is 10.1. The van der Waals surface area contributed by atoms with E-state index in [0.717, 1.165) is 5.56 Å². The Morgan fingerprint density at radius 1 is 1.05 bits per heavy atom. The van der Waals surface area contributed by atoms with Gasteiger partial charge in [-0.1, -0.05) is 18.2 Å². The highest BCUT2D eigenvalue weighted by atomic mass is 32.2. The van der Waals surface area contributed by atoms with E-state index in [1.54, 1.807) is 66.3 Å². The monoisotopic (exact) mass is 536 g/mol. The SMILES string of the molecule is COc1cccc(-c2nnc(CS(=O)(=O)[C@@H](C)[C@H](OC)c3ncc(C)cn3)n2-c2cccc(C(C)=O)c2)n1. The van der Waals surface area contributed by atoms with Gasteiger partial charge >= 0.3 is 0 Å². The summed E-state index contributed by atoms with van der Waals surface area (Å²) in [7, 11) is -0.946. The Bertz CT molecular complexity index is 1550. The lowest BCUT2D eigenvalue weighted by Crippen LogP contribution is -2.30. The van der Waals surface area contributed by atoms with Gasteiger partial charge in [0.05, 0.1) is 12.4 Å². The molecule has 0 spiro atoms. The molecule has 4 aromatic rings. The van der Waals surface area contributed by atoms with E-state index in [2.05, 4.69) is 25.1 Å². The minimum atomic E-state index is -3.86. The van der Waals surface area contributed by atoms with Crippen LogP contribution in [0.2, 0.25) is 0 Å². The molecule has 198 valence electrons. The zero-order chi connectivity index (χ0) is 27.4. The third-order valence-electron chi connectivity index (χ3n) is 6.04. The fourth-order valence-corrected chi connectivity index (χ4v) is 5.34. The summed E-state index contributed by atoms with van der Waals surface area (Å²) in [6.07, 6.45) is 2.33. The maximum Gasteiger partial charge on any atom is 0.213 e. The molecule has 0 aliphatic rings. The minimum absolute atomic E-state index is 0.134. The van der Waals surface area contributed by atoms with E-state index in [9.17, 15) is 13.2 Å². The molecule has 3 heterocycles. The van der Waals surface area contributed by atoms with Gasteiger partial charge < -0.3 is 9.47 Å². The topological polar surface area (TPSA) is 139 Å². The highest BCUT2D eigenvalue weighted by Gasteiger charge is 2.34. The Morgan fingerprint density at radius 2 is 1.76 bits per heavy atom.